The van der Waals surface area contributed by atoms with E-state index in [2.05, 4.69) is 15.6 Å². The van der Waals surface area contributed by atoms with Crippen molar-refractivity contribution in [2.24, 2.45) is 22.6 Å². The van der Waals surface area contributed by atoms with Crippen molar-refractivity contribution < 1.29 is 24.6 Å². The molecule has 0 saturated carbocycles. The van der Waals surface area contributed by atoms with Crippen molar-refractivity contribution in [3.8, 4) is 0 Å². The van der Waals surface area contributed by atoms with Gasteiger partial charge in [-0.2, -0.15) is 4.99 Å². The highest BCUT2D eigenvalue weighted by Crippen LogP contribution is 2.51. The molecule has 4 aliphatic heterocycles. The van der Waals surface area contributed by atoms with E-state index < -0.39 is 24.0 Å². The Morgan fingerprint density at radius 2 is 2.00 bits per heavy atom. The van der Waals surface area contributed by atoms with Gasteiger partial charge in [-0.05, 0) is 13.3 Å². The number of nitrogens with zero attached hydrogens (tertiary/aromatic N) is 3. The third kappa shape index (κ3) is 4.00. The summed E-state index contributed by atoms with van der Waals surface area (Å²) in [6.45, 7) is 6.95. The molecule has 32 heavy (non-hydrogen) atoms. The molecule has 0 bridgehead atoms. The Morgan fingerprint density at radius 1 is 1.31 bits per heavy atom. The summed E-state index contributed by atoms with van der Waals surface area (Å²) in [5.41, 5.74) is 6.01. The van der Waals surface area contributed by atoms with Crippen molar-refractivity contribution in [3.05, 3.63) is 10.6 Å². The minimum atomic E-state index is -1.15. The summed E-state index contributed by atoms with van der Waals surface area (Å²) >= 11 is 1.40. The van der Waals surface area contributed by atoms with Crippen molar-refractivity contribution in [3.63, 3.8) is 0 Å². The standard InChI is InChI=1S/C20H30N6O5S/c1-9-14-13(10(2)27)18(29)26(14)15(19(30)31)16(9)32-11-7-12(23-8-11)17(28)24-20(21)25-5-3-22-4-6-25/h9-14,22-23,27H,3-8H2,1-2H3,(H,30,31)(H2,21,24,28)/t9-,10-,11+,12+,13-,14-/m1/s1. The van der Waals surface area contributed by atoms with Crippen molar-refractivity contribution in [2.45, 2.75) is 43.7 Å². The minimum absolute atomic E-state index is 0.00477. The van der Waals surface area contributed by atoms with Crippen LogP contribution in [0.25, 0.3) is 0 Å². The maximum absolute atomic E-state index is 12.6. The van der Waals surface area contributed by atoms with E-state index in [-0.39, 0.29) is 40.7 Å². The molecule has 2 amide bonds. The number of aliphatic imine (C=N–C) groups is 1. The highest BCUT2D eigenvalue weighted by molar-refractivity contribution is 8.03. The number of nitrogens with one attached hydrogen (secondary N) is 2. The van der Waals surface area contributed by atoms with E-state index in [9.17, 15) is 24.6 Å². The van der Waals surface area contributed by atoms with Crippen molar-refractivity contribution in [2.75, 3.05) is 32.7 Å². The number of aliphatic hydroxyl groups is 1. The first-order valence-electron chi connectivity index (χ1n) is 10.9. The van der Waals surface area contributed by atoms with Gasteiger partial charge in [0.1, 0.15) is 5.70 Å². The number of piperazine rings is 1. The number of nitrogens with two attached hydrogens (primary N) is 1. The molecule has 4 rings (SSSR count). The zero-order valence-electron chi connectivity index (χ0n) is 18.2. The van der Waals surface area contributed by atoms with Gasteiger partial charge in [0.25, 0.3) is 5.91 Å². The number of β-lactam (4-membered cyclic amide) rings is 1. The van der Waals surface area contributed by atoms with Crippen LogP contribution in [0.15, 0.2) is 15.6 Å². The van der Waals surface area contributed by atoms with Gasteiger partial charge < -0.3 is 36.4 Å². The van der Waals surface area contributed by atoms with Gasteiger partial charge >= 0.3 is 5.97 Å². The average Bonchev–Trinajstić information content (AvgIpc) is 3.31. The molecule has 0 aromatic carbocycles. The molecule has 0 aliphatic carbocycles. The van der Waals surface area contributed by atoms with E-state index >= 15 is 0 Å². The SMILES string of the molecule is C[C@@H](O)[C@H]1C(=O)N2C(C(=O)O)=C(S[C@@H]3CN[C@H](C(=O)N=C(N)N4CCNCC4)C3)[C@H](C)[C@H]12. The Bertz CT molecular complexity index is 871. The van der Waals surface area contributed by atoms with Crippen LogP contribution in [-0.4, -0.2) is 99.9 Å². The smallest absolute Gasteiger partial charge is 0.353 e. The quantitative estimate of drug-likeness (QED) is 0.180. The zero-order chi connectivity index (χ0) is 23.2. The molecular weight excluding hydrogens is 436 g/mol. The molecule has 4 heterocycles. The largest absolute Gasteiger partial charge is 0.477 e. The van der Waals surface area contributed by atoms with E-state index in [0.717, 1.165) is 13.1 Å². The third-order valence-electron chi connectivity index (χ3n) is 6.66. The van der Waals surface area contributed by atoms with E-state index in [4.69, 9.17) is 5.73 Å². The molecule has 6 N–H and O–H groups in total. The number of aliphatic carboxylic acids is 1. The van der Waals surface area contributed by atoms with E-state index in [1.807, 2.05) is 11.8 Å². The second-order valence-corrected chi connectivity index (χ2v) is 10.1. The van der Waals surface area contributed by atoms with Gasteiger partial charge in [0.2, 0.25) is 5.91 Å². The van der Waals surface area contributed by atoms with Crippen LogP contribution in [-0.2, 0) is 14.4 Å². The van der Waals surface area contributed by atoms with Crippen LogP contribution < -0.4 is 16.4 Å². The number of carboxylic acids is 1. The van der Waals surface area contributed by atoms with Crippen LogP contribution in [0.4, 0.5) is 0 Å². The number of aliphatic hydroxyl groups excluding tert-OH is 1. The van der Waals surface area contributed by atoms with Gasteiger partial charge in [-0.1, -0.05) is 6.92 Å². The van der Waals surface area contributed by atoms with Gasteiger partial charge in [-0.25, -0.2) is 4.79 Å². The number of guanidine groups is 1. The second kappa shape index (κ2) is 9.00. The lowest BCUT2D eigenvalue weighted by Crippen LogP contribution is -2.63. The van der Waals surface area contributed by atoms with Crippen LogP contribution in [0.3, 0.4) is 0 Å². The molecule has 4 aliphatic rings. The highest BCUT2D eigenvalue weighted by atomic mass is 32.2. The lowest BCUT2D eigenvalue weighted by atomic mass is 9.79. The first-order chi connectivity index (χ1) is 15.2. The summed E-state index contributed by atoms with van der Waals surface area (Å²) < 4.78 is 0. The number of amides is 2. The first kappa shape index (κ1) is 23.0. The number of carbonyl (C=O) groups is 3. The first-order valence-corrected chi connectivity index (χ1v) is 11.8. The Labute approximate surface area is 190 Å². The number of carbonyl (C=O) groups excluding carboxylic acids is 2. The van der Waals surface area contributed by atoms with Gasteiger partial charge in [-0.3, -0.25) is 9.59 Å². The molecule has 0 aromatic rings. The summed E-state index contributed by atoms with van der Waals surface area (Å²) in [6.07, 6.45) is -0.344. The molecule has 0 aromatic heterocycles. The number of hydrogen-bond acceptors (Lipinski definition) is 7. The van der Waals surface area contributed by atoms with Crippen molar-refractivity contribution in [1.82, 2.24) is 20.4 Å². The maximum Gasteiger partial charge on any atom is 0.353 e. The van der Waals surface area contributed by atoms with Crippen molar-refractivity contribution in [1.29, 1.82) is 0 Å². The molecule has 0 spiro atoms. The summed E-state index contributed by atoms with van der Waals surface area (Å²) in [6, 6.07) is -0.824. The summed E-state index contributed by atoms with van der Waals surface area (Å²) in [7, 11) is 0. The summed E-state index contributed by atoms with van der Waals surface area (Å²) in [5.74, 6) is -2.38. The summed E-state index contributed by atoms with van der Waals surface area (Å²) in [5, 5.41) is 26.1. The minimum Gasteiger partial charge on any atom is -0.477 e. The van der Waals surface area contributed by atoms with E-state index in [0.29, 0.717) is 31.0 Å². The summed E-state index contributed by atoms with van der Waals surface area (Å²) in [4.78, 5) is 44.9. The average molecular weight is 467 g/mol. The van der Waals surface area contributed by atoms with Crippen LogP contribution in [0.1, 0.15) is 20.3 Å². The Balaban J connectivity index is 1.42. The normalized spacial score (nSPS) is 33.9. The highest BCUT2D eigenvalue weighted by Gasteiger charge is 2.60. The van der Waals surface area contributed by atoms with Gasteiger partial charge in [-0.15, -0.1) is 11.8 Å². The fourth-order valence-electron chi connectivity index (χ4n) is 4.99. The number of fused-ring (bicyclic) bond motifs is 1. The van der Waals surface area contributed by atoms with Crippen molar-refractivity contribution >= 4 is 35.5 Å². The number of hydrogen-bond donors (Lipinski definition) is 5. The van der Waals surface area contributed by atoms with Gasteiger partial charge in [0.05, 0.1) is 24.1 Å². The van der Waals surface area contributed by atoms with E-state index in [1.165, 1.54) is 16.7 Å². The van der Waals surface area contributed by atoms with E-state index in [1.54, 1.807) is 6.92 Å². The van der Waals surface area contributed by atoms with Crippen LogP contribution in [0.2, 0.25) is 0 Å². The molecule has 6 atom stereocenters. The molecule has 0 unspecified atom stereocenters. The number of rotatable bonds is 5. The monoisotopic (exact) mass is 466 g/mol. The zero-order valence-corrected chi connectivity index (χ0v) is 19.0. The fourth-order valence-corrected chi connectivity index (χ4v) is 6.47. The lowest BCUT2D eigenvalue weighted by molar-refractivity contribution is -0.163. The van der Waals surface area contributed by atoms with Gasteiger partial charge in [0.15, 0.2) is 5.96 Å². The molecule has 0 radical (unpaired) electrons. The molecule has 3 fully saturated rings. The Hall–Kier alpha value is -2.15. The topological polar surface area (TPSA) is 161 Å². The predicted octanol–water partition coefficient (Wildman–Crippen LogP) is -1.65. The Kier molecular flexibility index (Phi) is 6.48. The number of carboxylic acid groups (broad SMARTS) is 1. The molecule has 12 heteroatoms. The molecule has 176 valence electrons. The second-order valence-electron chi connectivity index (χ2n) is 8.75. The predicted molar refractivity (Wildman–Crippen MR) is 118 cm³/mol. The Morgan fingerprint density at radius 3 is 2.62 bits per heavy atom. The van der Waals surface area contributed by atoms with Crippen LogP contribution in [0.5, 0.6) is 0 Å². The van der Waals surface area contributed by atoms with Gasteiger partial charge in [0, 0.05) is 48.8 Å². The fraction of sp³-hybridized carbons (Fsp3) is 0.700. The maximum atomic E-state index is 12.6. The lowest BCUT2D eigenvalue weighted by Gasteiger charge is -2.46. The molecule has 11 nitrogen and oxygen atoms in total. The van der Waals surface area contributed by atoms with Crippen LogP contribution >= 0.6 is 11.8 Å². The number of thioether (sulfide) groups is 1. The third-order valence-corrected chi connectivity index (χ3v) is 8.17. The molecule has 3 saturated heterocycles. The van der Waals surface area contributed by atoms with Crippen LogP contribution in [0, 0.1) is 11.8 Å². The molecular formula is C20H30N6O5S.